The molecule has 0 saturated carbocycles. The summed E-state index contributed by atoms with van der Waals surface area (Å²) >= 11 is 0. The standard InChI is InChI=1S/C16H18O/c1-3-12-7-5-9-14(11-12)15-10-6-8-13(4-2)16(15)17/h5-11,17H,3-4H2,1-2H3. The minimum Gasteiger partial charge on any atom is -0.507 e. The molecule has 0 fully saturated rings. The van der Waals surface area contributed by atoms with Crippen LogP contribution in [0, 0.1) is 0 Å². The molecule has 0 spiro atoms. The fourth-order valence-corrected chi connectivity index (χ4v) is 2.07. The molecule has 1 nitrogen and oxygen atoms in total. The Bertz CT molecular complexity index is 515. The molecule has 0 aromatic heterocycles. The number of phenolic OH excluding ortho intramolecular Hbond substituents is 1. The van der Waals surface area contributed by atoms with Crippen molar-refractivity contribution < 1.29 is 5.11 Å². The summed E-state index contributed by atoms with van der Waals surface area (Å²) in [5.74, 6) is 0.420. The second-order valence-corrected chi connectivity index (χ2v) is 4.22. The van der Waals surface area contributed by atoms with Crippen LogP contribution in [0.15, 0.2) is 42.5 Å². The number of aryl methyl sites for hydroxylation is 2. The first-order chi connectivity index (χ1) is 8.26. The first-order valence-electron chi connectivity index (χ1n) is 6.16. The van der Waals surface area contributed by atoms with Crippen molar-refractivity contribution in [1.29, 1.82) is 0 Å². The largest absolute Gasteiger partial charge is 0.507 e. The number of rotatable bonds is 3. The monoisotopic (exact) mass is 226 g/mol. The summed E-state index contributed by atoms with van der Waals surface area (Å²) in [6.45, 7) is 4.20. The Labute approximate surface area is 103 Å². The number of aromatic hydroxyl groups is 1. The minimum absolute atomic E-state index is 0.420. The third kappa shape index (κ3) is 2.33. The van der Waals surface area contributed by atoms with Gasteiger partial charge in [-0.1, -0.05) is 56.3 Å². The van der Waals surface area contributed by atoms with Crippen molar-refractivity contribution >= 4 is 0 Å². The lowest BCUT2D eigenvalue weighted by Gasteiger charge is -2.09. The Morgan fingerprint density at radius 2 is 1.71 bits per heavy atom. The van der Waals surface area contributed by atoms with Gasteiger partial charge in [0.25, 0.3) is 0 Å². The van der Waals surface area contributed by atoms with Crippen LogP contribution in [0.5, 0.6) is 5.75 Å². The summed E-state index contributed by atoms with van der Waals surface area (Å²) in [5, 5.41) is 10.2. The molecule has 2 aromatic carbocycles. The maximum atomic E-state index is 10.2. The van der Waals surface area contributed by atoms with Gasteiger partial charge in [-0.05, 0) is 29.5 Å². The third-order valence-corrected chi connectivity index (χ3v) is 3.15. The predicted octanol–water partition coefficient (Wildman–Crippen LogP) is 4.18. The molecule has 0 heterocycles. The van der Waals surface area contributed by atoms with Gasteiger partial charge in [0.15, 0.2) is 0 Å². The smallest absolute Gasteiger partial charge is 0.126 e. The molecule has 1 heteroatoms. The van der Waals surface area contributed by atoms with Gasteiger partial charge in [0.05, 0.1) is 0 Å². The first-order valence-corrected chi connectivity index (χ1v) is 6.16. The highest BCUT2D eigenvalue weighted by molar-refractivity contribution is 5.72. The number of hydrogen-bond acceptors (Lipinski definition) is 1. The molecule has 0 bridgehead atoms. The normalized spacial score (nSPS) is 10.5. The molecule has 1 N–H and O–H groups in total. The molecule has 0 aliphatic rings. The average molecular weight is 226 g/mol. The van der Waals surface area contributed by atoms with Crippen molar-refractivity contribution in [3.8, 4) is 16.9 Å². The van der Waals surface area contributed by atoms with Crippen molar-refractivity contribution in [3.63, 3.8) is 0 Å². The topological polar surface area (TPSA) is 20.2 Å². The van der Waals surface area contributed by atoms with Gasteiger partial charge in [-0.25, -0.2) is 0 Å². The van der Waals surface area contributed by atoms with Gasteiger partial charge in [0, 0.05) is 5.56 Å². The second-order valence-electron chi connectivity index (χ2n) is 4.22. The van der Waals surface area contributed by atoms with Gasteiger partial charge < -0.3 is 5.11 Å². The number of benzene rings is 2. The van der Waals surface area contributed by atoms with Crippen molar-refractivity contribution in [3.05, 3.63) is 53.6 Å². The lowest BCUT2D eigenvalue weighted by atomic mass is 9.98. The summed E-state index contributed by atoms with van der Waals surface area (Å²) < 4.78 is 0. The minimum atomic E-state index is 0.420. The van der Waals surface area contributed by atoms with Crippen molar-refractivity contribution in [1.82, 2.24) is 0 Å². The summed E-state index contributed by atoms with van der Waals surface area (Å²) in [6.07, 6.45) is 1.87. The number of hydrogen-bond donors (Lipinski definition) is 1. The van der Waals surface area contributed by atoms with Gasteiger partial charge in [0.2, 0.25) is 0 Å². The fourth-order valence-electron chi connectivity index (χ4n) is 2.07. The quantitative estimate of drug-likeness (QED) is 0.832. The molecule has 0 aliphatic heterocycles. The van der Waals surface area contributed by atoms with Crippen molar-refractivity contribution in [2.24, 2.45) is 0 Å². The van der Waals surface area contributed by atoms with Gasteiger partial charge in [-0.15, -0.1) is 0 Å². The predicted molar refractivity (Wildman–Crippen MR) is 72.3 cm³/mol. The van der Waals surface area contributed by atoms with Crippen LogP contribution >= 0.6 is 0 Å². The highest BCUT2D eigenvalue weighted by Gasteiger charge is 2.07. The zero-order valence-corrected chi connectivity index (χ0v) is 10.4. The Balaban J connectivity index is 2.52. The molecule has 2 aromatic rings. The van der Waals surface area contributed by atoms with Crippen LogP contribution in [-0.4, -0.2) is 5.11 Å². The van der Waals surface area contributed by atoms with Crippen LogP contribution in [0.25, 0.3) is 11.1 Å². The van der Waals surface area contributed by atoms with Crippen LogP contribution < -0.4 is 0 Å². The average Bonchev–Trinajstić information content (AvgIpc) is 2.39. The summed E-state index contributed by atoms with van der Waals surface area (Å²) in [5.41, 5.74) is 4.32. The molecule has 17 heavy (non-hydrogen) atoms. The van der Waals surface area contributed by atoms with E-state index in [-0.39, 0.29) is 0 Å². The van der Waals surface area contributed by atoms with Gasteiger partial charge >= 0.3 is 0 Å². The van der Waals surface area contributed by atoms with E-state index in [1.54, 1.807) is 0 Å². The molecule has 0 atom stereocenters. The Kier molecular flexibility index (Phi) is 3.48. The van der Waals surface area contributed by atoms with Gasteiger partial charge in [-0.2, -0.15) is 0 Å². The van der Waals surface area contributed by atoms with E-state index in [1.807, 2.05) is 30.3 Å². The Morgan fingerprint density at radius 1 is 0.941 bits per heavy atom. The van der Waals surface area contributed by atoms with Crippen LogP contribution in [-0.2, 0) is 12.8 Å². The summed E-state index contributed by atoms with van der Waals surface area (Å²) in [4.78, 5) is 0. The number of phenols is 1. The van der Waals surface area contributed by atoms with Crippen LogP contribution in [0.1, 0.15) is 25.0 Å². The van der Waals surface area contributed by atoms with E-state index < -0.39 is 0 Å². The molecule has 88 valence electrons. The molecule has 0 radical (unpaired) electrons. The zero-order valence-electron chi connectivity index (χ0n) is 10.4. The van der Waals surface area contributed by atoms with E-state index in [0.717, 1.165) is 29.5 Å². The maximum Gasteiger partial charge on any atom is 0.126 e. The van der Waals surface area contributed by atoms with Crippen molar-refractivity contribution in [2.45, 2.75) is 26.7 Å². The number of para-hydroxylation sites is 1. The van der Waals surface area contributed by atoms with Crippen LogP contribution in [0.4, 0.5) is 0 Å². The van der Waals surface area contributed by atoms with E-state index in [2.05, 4.69) is 26.0 Å². The van der Waals surface area contributed by atoms with Gasteiger partial charge in [-0.3, -0.25) is 0 Å². The lowest BCUT2D eigenvalue weighted by molar-refractivity contribution is 0.471. The van der Waals surface area contributed by atoms with E-state index >= 15 is 0 Å². The molecular formula is C16H18O. The highest BCUT2D eigenvalue weighted by atomic mass is 16.3. The van der Waals surface area contributed by atoms with E-state index in [4.69, 9.17) is 0 Å². The van der Waals surface area contributed by atoms with Crippen LogP contribution in [0.2, 0.25) is 0 Å². The molecule has 2 rings (SSSR count). The molecular weight excluding hydrogens is 208 g/mol. The second kappa shape index (κ2) is 5.05. The summed E-state index contributed by atoms with van der Waals surface area (Å²) in [6, 6.07) is 14.3. The Morgan fingerprint density at radius 3 is 2.41 bits per heavy atom. The molecule has 0 unspecified atom stereocenters. The molecule has 0 saturated heterocycles. The van der Waals surface area contributed by atoms with E-state index in [9.17, 15) is 5.11 Å². The SMILES string of the molecule is CCc1cccc(-c2cccc(CC)c2O)c1. The van der Waals surface area contributed by atoms with E-state index in [1.165, 1.54) is 5.56 Å². The van der Waals surface area contributed by atoms with Crippen molar-refractivity contribution in [2.75, 3.05) is 0 Å². The fraction of sp³-hybridized carbons (Fsp3) is 0.250. The lowest BCUT2D eigenvalue weighted by Crippen LogP contribution is -1.87. The highest BCUT2D eigenvalue weighted by Crippen LogP contribution is 2.32. The van der Waals surface area contributed by atoms with E-state index in [0.29, 0.717) is 5.75 Å². The van der Waals surface area contributed by atoms with Crippen LogP contribution in [0.3, 0.4) is 0 Å². The third-order valence-electron chi connectivity index (χ3n) is 3.15. The van der Waals surface area contributed by atoms with Gasteiger partial charge in [0.1, 0.15) is 5.75 Å². The zero-order chi connectivity index (χ0) is 12.3. The molecule has 0 amide bonds. The molecule has 0 aliphatic carbocycles. The summed E-state index contributed by atoms with van der Waals surface area (Å²) in [7, 11) is 0. The first kappa shape index (κ1) is 11.7. The Hall–Kier alpha value is -1.76. The maximum absolute atomic E-state index is 10.2.